The molecule has 0 aliphatic carbocycles. The molecule has 0 saturated carbocycles. The lowest BCUT2D eigenvalue weighted by atomic mass is 10.1. The highest BCUT2D eigenvalue weighted by atomic mass is 32.1. The van der Waals surface area contributed by atoms with Crippen molar-refractivity contribution in [1.82, 2.24) is 24.8 Å². The molecule has 0 atom stereocenters. The molecule has 222 valence electrons. The molecule has 1 fully saturated rings. The highest BCUT2D eigenvalue weighted by molar-refractivity contribution is 7.22. The van der Waals surface area contributed by atoms with E-state index < -0.39 is 11.6 Å². The number of nitrogens with zero attached hydrogens (tertiary/aromatic N) is 7. The van der Waals surface area contributed by atoms with Gasteiger partial charge in [-0.3, -0.25) is 4.90 Å². The van der Waals surface area contributed by atoms with Crippen LogP contribution in [0.25, 0.3) is 21.5 Å². The highest BCUT2D eigenvalue weighted by Gasteiger charge is 2.26. The van der Waals surface area contributed by atoms with E-state index in [1.54, 1.807) is 17.4 Å². The van der Waals surface area contributed by atoms with Crippen molar-refractivity contribution in [2.45, 2.75) is 19.9 Å². The summed E-state index contributed by atoms with van der Waals surface area (Å²) in [6.07, 6.45) is 1.11. The van der Waals surface area contributed by atoms with Crippen LogP contribution < -0.4 is 19.9 Å². The Morgan fingerprint density at radius 1 is 1.02 bits per heavy atom. The number of rotatable bonds is 8. The predicted molar refractivity (Wildman–Crippen MR) is 165 cm³/mol. The molecule has 6 rings (SSSR count). The standard InChI is InChI=1S/C30H36F2N8OS/c1-19(2)40-13-14-41-28-22(31)15-20(16-25(28)40)27-23(32)18-33-29(36-27)34-21-5-6-26-24(17-21)35-30(42-26)39-11-9-38(10-12-39)8-7-37(3)4/h5-6,15-19H,7-14H2,1-4H3,(H,33,34,36). The molecule has 2 aliphatic rings. The van der Waals surface area contributed by atoms with Gasteiger partial charge in [0.2, 0.25) is 5.95 Å². The smallest absolute Gasteiger partial charge is 0.227 e. The largest absolute Gasteiger partial charge is 0.486 e. The summed E-state index contributed by atoms with van der Waals surface area (Å²) in [7, 11) is 4.21. The zero-order valence-corrected chi connectivity index (χ0v) is 25.2. The third kappa shape index (κ3) is 5.97. The molecule has 0 spiro atoms. The zero-order chi connectivity index (χ0) is 29.4. The molecular weight excluding hydrogens is 558 g/mol. The van der Waals surface area contributed by atoms with Crippen LogP contribution in [0.15, 0.2) is 36.5 Å². The Labute approximate surface area is 248 Å². The first kappa shape index (κ1) is 28.5. The van der Waals surface area contributed by atoms with Crippen LogP contribution in [0.3, 0.4) is 0 Å². The lowest BCUT2D eigenvalue weighted by molar-refractivity contribution is 0.229. The third-order valence-corrected chi connectivity index (χ3v) is 8.79. The molecule has 4 aromatic rings. The van der Waals surface area contributed by atoms with Crippen molar-refractivity contribution in [1.29, 1.82) is 0 Å². The van der Waals surface area contributed by atoms with Crippen molar-refractivity contribution < 1.29 is 13.5 Å². The van der Waals surface area contributed by atoms with Crippen molar-refractivity contribution in [2.24, 2.45) is 0 Å². The Bertz CT molecular complexity index is 1570. The number of hydrogen-bond acceptors (Lipinski definition) is 10. The fourth-order valence-electron chi connectivity index (χ4n) is 5.37. The second-order valence-corrected chi connectivity index (χ2v) is 12.3. The van der Waals surface area contributed by atoms with Gasteiger partial charge in [0, 0.05) is 56.6 Å². The van der Waals surface area contributed by atoms with E-state index in [-0.39, 0.29) is 23.4 Å². The number of aromatic nitrogens is 3. The van der Waals surface area contributed by atoms with Gasteiger partial charge in [-0.05, 0) is 58.3 Å². The van der Waals surface area contributed by atoms with Crippen LogP contribution >= 0.6 is 11.3 Å². The van der Waals surface area contributed by atoms with Crippen LogP contribution in [0.1, 0.15) is 13.8 Å². The van der Waals surface area contributed by atoms with E-state index in [1.165, 1.54) is 6.07 Å². The van der Waals surface area contributed by atoms with Gasteiger partial charge >= 0.3 is 0 Å². The summed E-state index contributed by atoms with van der Waals surface area (Å²) in [6.45, 7) is 11.2. The summed E-state index contributed by atoms with van der Waals surface area (Å²) in [6, 6.07) is 9.04. The summed E-state index contributed by atoms with van der Waals surface area (Å²) in [5.41, 5.74) is 2.56. The molecular formula is C30H36F2N8OS. The van der Waals surface area contributed by atoms with Crippen molar-refractivity contribution in [3.8, 4) is 17.0 Å². The minimum absolute atomic E-state index is 0.0187. The number of halogens is 2. The lowest BCUT2D eigenvalue weighted by Crippen LogP contribution is -2.48. The molecule has 12 heteroatoms. The minimum Gasteiger partial charge on any atom is -0.486 e. The summed E-state index contributed by atoms with van der Waals surface area (Å²) in [5, 5.41) is 4.19. The van der Waals surface area contributed by atoms with E-state index >= 15 is 4.39 Å². The van der Waals surface area contributed by atoms with E-state index in [0.717, 1.165) is 66.5 Å². The van der Waals surface area contributed by atoms with Crippen molar-refractivity contribution in [3.63, 3.8) is 0 Å². The van der Waals surface area contributed by atoms with Crippen LogP contribution in [-0.2, 0) is 0 Å². The number of fused-ring (bicyclic) bond motifs is 2. The topological polar surface area (TPSA) is 72.9 Å². The predicted octanol–water partition coefficient (Wildman–Crippen LogP) is 5.07. The van der Waals surface area contributed by atoms with Gasteiger partial charge in [0.25, 0.3) is 0 Å². The van der Waals surface area contributed by atoms with E-state index in [9.17, 15) is 4.39 Å². The molecule has 0 amide bonds. The van der Waals surface area contributed by atoms with Gasteiger partial charge in [-0.25, -0.2) is 23.7 Å². The molecule has 0 unspecified atom stereocenters. The van der Waals surface area contributed by atoms with Gasteiger partial charge in [0.15, 0.2) is 22.5 Å². The quantitative estimate of drug-likeness (QED) is 0.301. The maximum atomic E-state index is 15.1. The molecule has 42 heavy (non-hydrogen) atoms. The lowest BCUT2D eigenvalue weighted by Gasteiger charge is -2.35. The molecule has 1 saturated heterocycles. The average Bonchev–Trinajstić information content (AvgIpc) is 3.40. The van der Waals surface area contributed by atoms with Crippen LogP contribution in [0.2, 0.25) is 0 Å². The molecule has 4 heterocycles. The van der Waals surface area contributed by atoms with E-state index in [2.05, 4.69) is 44.1 Å². The summed E-state index contributed by atoms with van der Waals surface area (Å²) in [5.74, 6) is -0.770. The van der Waals surface area contributed by atoms with E-state index in [0.29, 0.717) is 24.4 Å². The molecule has 9 nitrogen and oxygen atoms in total. The molecule has 2 aromatic carbocycles. The van der Waals surface area contributed by atoms with Crippen LogP contribution in [0.5, 0.6) is 5.75 Å². The Morgan fingerprint density at radius 3 is 2.60 bits per heavy atom. The summed E-state index contributed by atoms with van der Waals surface area (Å²) in [4.78, 5) is 22.6. The van der Waals surface area contributed by atoms with Crippen molar-refractivity contribution in [3.05, 3.63) is 48.2 Å². The Kier molecular flexibility index (Phi) is 8.11. The molecule has 1 N–H and O–H groups in total. The van der Waals surface area contributed by atoms with Crippen LogP contribution in [0, 0.1) is 11.6 Å². The minimum atomic E-state index is -0.630. The van der Waals surface area contributed by atoms with Gasteiger partial charge in [-0.15, -0.1) is 0 Å². The highest BCUT2D eigenvalue weighted by Crippen LogP contribution is 2.39. The Balaban J connectivity index is 1.20. The summed E-state index contributed by atoms with van der Waals surface area (Å²) >= 11 is 1.68. The zero-order valence-electron chi connectivity index (χ0n) is 24.4. The normalized spacial score (nSPS) is 15.9. The monoisotopic (exact) mass is 594 g/mol. The number of likely N-dealkylation sites (N-methyl/N-ethyl adjacent to an activating group) is 1. The first-order valence-electron chi connectivity index (χ1n) is 14.3. The number of thiazole rings is 1. The van der Waals surface area contributed by atoms with Gasteiger partial charge in [-0.2, -0.15) is 0 Å². The average molecular weight is 595 g/mol. The van der Waals surface area contributed by atoms with Crippen LogP contribution in [-0.4, -0.2) is 97.3 Å². The fraction of sp³-hybridized carbons (Fsp3) is 0.433. The molecule has 2 aromatic heterocycles. The number of piperazine rings is 1. The molecule has 0 radical (unpaired) electrons. The number of hydrogen-bond donors (Lipinski definition) is 1. The van der Waals surface area contributed by atoms with Crippen LogP contribution in [0.4, 0.5) is 31.2 Å². The SMILES string of the molecule is CC(C)N1CCOc2c(F)cc(-c3nc(Nc4ccc5sc(N6CCN(CCN(C)C)CC6)nc5c4)ncc3F)cc21. The maximum Gasteiger partial charge on any atom is 0.227 e. The van der Waals surface area contributed by atoms with Gasteiger partial charge < -0.3 is 24.8 Å². The van der Waals surface area contributed by atoms with E-state index in [4.69, 9.17) is 9.72 Å². The van der Waals surface area contributed by atoms with Gasteiger partial charge in [0.05, 0.1) is 28.6 Å². The second-order valence-electron chi connectivity index (χ2n) is 11.3. The van der Waals surface area contributed by atoms with Gasteiger partial charge in [0.1, 0.15) is 12.3 Å². The Hall–Kier alpha value is -3.61. The molecule has 0 bridgehead atoms. The van der Waals surface area contributed by atoms with Gasteiger partial charge in [-0.1, -0.05) is 11.3 Å². The van der Waals surface area contributed by atoms with Crippen molar-refractivity contribution in [2.75, 3.05) is 81.6 Å². The number of nitrogens with one attached hydrogen (secondary N) is 1. The second kappa shape index (κ2) is 11.9. The maximum absolute atomic E-state index is 15.1. The number of benzene rings is 2. The first-order valence-corrected chi connectivity index (χ1v) is 15.1. The molecule has 2 aliphatic heterocycles. The van der Waals surface area contributed by atoms with Crippen molar-refractivity contribution >= 4 is 44.0 Å². The number of anilines is 4. The number of ether oxygens (including phenoxy) is 1. The first-order chi connectivity index (χ1) is 20.2. The summed E-state index contributed by atoms with van der Waals surface area (Å²) < 4.78 is 36.7. The fourth-order valence-corrected chi connectivity index (χ4v) is 6.36. The van der Waals surface area contributed by atoms with E-state index in [1.807, 2.05) is 36.9 Å². The third-order valence-electron chi connectivity index (χ3n) is 7.69. The Morgan fingerprint density at radius 2 is 1.83 bits per heavy atom.